The molecule has 0 bridgehead atoms. The molecular formula is C14H10O3. The highest BCUT2D eigenvalue weighted by Gasteiger charge is 2.20. The molecule has 3 heteroatoms. The Balaban J connectivity index is 2.08. The first-order valence-electron chi connectivity index (χ1n) is 5.33. The summed E-state index contributed by atoms with van der Waals surface area (Å²) in [5.74, 6) is 1.44. The zero-order valence-electron chi connectivity index (χ0n) is 9.27. The van der Waals surface area contributed by atoms with Gasteiger partial charge < -0.3 is 9.47 Å². The molecule has 0 fully saturated rings. The number of hydrogen-bond acceptors (Lipinski definition) is 3. The Bertz CT molecular complexity index is 594. The van der Waals surface area contributed by atoms with Gasteiger partial charge in [0.25, 0.3) is 5.95 Å². The molecule has 0 saturated carbocycles. The topological polar surface area (TPSA) is 35.5 Å². The van der Waals surface area contributed by atoms with Crippen LogP contribution in [0.3, 0.4) is 0 Å². The van der Waals surface area contributed by atoms with Gasteiger partial charge >= 0.3 is 0 Å². The standard InChI is InChI=1S/C14H10O3/c1-9(15)6-14-16-12-7-10-4-2-3-5-11(10)8-13(12)17-14/h2-8H,1H3. The SMILES string of the molecule is CC(=O)C=C1Oc2cc3ccccc3cc2O1. The molecule has 0 aliphatic carbocycles. The van der Waals surface area contributed by atoms with Crippen molar-refractivity contribution in [2.75, 3.05) is 0 Å². The van der Waals surface area contributed by atoms with Crippen molar-refractivity contribution in [2.24, 2.45) is 0 Å². The van der Waals surface area contributed by atoms with Gasteiger partial charge in [0.1, 0.15) is 0 Å². The molecule has 1 heterocycles. The lowest BCUT2D eigenvalue weighted by Crippen LogP contribution is -1.97. The van der Waals surface area contributed by atoms with Crippen molar-refractivity contribution in [3.63, 3.8) is 0 Å². The summed E-state index contributed by atoms with van der Waals surface area (Å²) in [6.07, 6.45) is 1.34. The number of fused-ring (bicyclic) bond motifs is 2. The van der Waals surface area contributed by atoms with E-state index >= 15 is 0 Å². The molecule has 17 heavy (non-hydrogen) atoms. The van der Waals surface area contributed by atoms with Gasteiger partial charge in [-0.3, -0.25) is 4.79 Å². The third kappa shape index (κ3) is 1.76. The van der Waals surface area contributed by atoms with Crippen molar-refractivity contribution in [1.29, 1.82) is 0 Å². The Labute approximate surface area is 98.3 Å². The van der Waals surface area contributed by atoms with E-state index in [0.29, 0.717) is 11.5 Å². The molecule has 2 aromatic carbocycles. The highest BCUT2D eigenvalue weighted by atomic mass is 16.7. The Kier molecular flexibility index (Phi) is 2.11. The number of benzene rings is 2. The minimum atomic E-state index is -0.0997. The number of hydrogen-bond donors (Lipinski definition) is 0. The zero-order chi connectivity index (χ0) is 11.8. The number of carbonyl (C=O) groups is 1. The molecule has 1 aliphatic heterocycles. The summed E-state index contributed by atoms with van der Waals surface area (Å²) in [6, 6.07) is 11.8. The quantitative estimate of drug-likeness (QED) is 0.701. The predicted octanol–water partition coefficient (Wildman–Crippen LogP) is 3.04. The molecule has 0 aromatic heterocycles. The van der Waals surface area contributed by atoms with E-state index in [1.807, 2.05) is 36.4 Å². The monoisotopic (exact) mass is 226 g/mol. The fourth-order valence-electron chi connectivity index (χ4n) is 1.82. The molecule has 0 radical (unpaired) electrons. The maximum Gasteiger partial charge on any atom is 0.294 e. The molecule has 0 N–H and O–H groups in total. The molecule has 0 spiro atoms. The van der Waals surface area contributed by atoms with E-state index < -0.39 is 0 Å². The van der Waals surface area contributed by atoms with Crippen molar-refractivity contribution in [2.45, 2.75) is 6.92 Å². The summed E-state index contributed by atoms with van der Waals surface area (Å²) in [7, 11) is 0. The third-order valence-electron chi connectivity index (χ3n) is 2.55. The van der Waals surface area contributed by atoms with Gasteiger partial charge in [0.2, 0.25) is 0 Å². The van der Waals surface area contributed by atoms with Crippen LogP contribution in [-0.2, 0) is 4.79 Å². The molecule has 84 valence electrons. The Hall–Kier alpha value is -2.29. The Morgan fingerprint density at radius 2 is 1.59 bits per heavy atom. The van der Waals surface area contributed by atoms with Gasteiger partial charge in [-0.1, -0.05) is 24.3 Å². The van der Waals surface area contributed by atoms with Crippen LogP contribution in [0.5, 0.6) is 11.5 Å². The summed E-state index contributed by atoms with van der Waals surface area (Å²) in [4.78, 5) is 10.9. The van der Waals surface area contributed by atoms with Crippen LogP contribution in [0.15, 0.2) is 48.4 Å². The number of ketones is 1. The minimum absolute atomic E-state index is 0.0997. The van der Waals surface area contributed by atoms with Crippen LogP contribution in [-0.4, -0.2) is 5.78 Å². The smallest absolute Gasteiger partial charge is 0.294 e. The normalized spacial score (nSPS) is 12.9. The van der Waals surface area contributed by atoms with Gasteiger partial charge in [-0.05, 0) is 29.8 Å². The van der Waals surface area contributed by atoms with E-state index in [1.54, 1.807) is 0 Å². The van der Waals surface area contributed by atoms with Crippen molar-refractivity contribution < 1.29 is 14.3 Å². The van der Waals surface area contributed by atoms with Crippen LogP contribution >= 0.6 is 0 Å². The average Bonchev–Trinajstić information content (AvgIpc) is 2.65. The first-order valence-corrected chi connectivity index (χ1v) is 5.33. The highest BCUT2D eigenvalue weighted by molar-refractivity contribution is 5.89. The maximum absolute atomic E-state index is 10.9. The zero-order valence-corrected chi connectivity index (χ0v) is 9.27. The van der Waals surface area contributed by atoms with E-state index in [9.17, 15) is 4.79 Å². The van der Waals surface area contributed by atoms with Crippen LogP contribution < -0.4 is 9.47 Å². The first-order chi connectivity index (χ1) is 8.22. The van der Waals surface area contributed by atoms with Crippen molar-refractivity contribution in [1.82, 2.24) is 0 Å². The van der Waals surface area contributed by atoms with Gasteiger partial charge in [0, 0.05) is 0 Å². The molecular weight excluding hydrogens is 216 g/mol. The lowest BCUT2D eigenvalue weighted by atomic mass is 10.1. The first kappa shape index (κ1) is 9.90. The molecule has 3 rings (SSSR count). The van der Waals surface area contributed by atoms with Crippen molar-refractivity contribution in [3.05, 3.63) is 48.4 Å². The third-order valence-corrected chi connectivity index (χ3v) is 2.55. The molecule has 3 nitrogen and oxygen atoms in total. The lowest BCUT2D eigenvalue weighted by molar-refractivity contribution is -0.112. The van der Waals surface area contributed by atoms with E-state index in [2.05, 4.69) is 0 Å². The van der Waals surface area contributed by atoms with Gasteiger partial charge in [0.05, 0.1) is 6.08 Å². The van der Waals surface area contributed by atoms with E-state index in [-0.39, 0.29) is 11.7 Å². The van der Waals surface area contributed by atoms with Crippen LogP contribution in [0.2, 0.25) is 0 Å². The average molecular weight is 226 g/mol. The van der Waals surface area contributed by atoms with Crippen molar-refractivity contribution >= 4 is 16.6 Å². The molecule has 0 atom stereocenters. The summed E-state index contributed by atoms with van der Waals surface area (Å²) in [5.41, 5.74) is 0. The fourth-order valence-corrected chi connectivity index (χ4v) is 1.82. The second-order valence-electron chi connectivity index (χ2n) is 3.92. The summed E-state index contributed by atoms with van der Waals surface area (Å²) < 4.78 is 10.9. The largest absolute Gasteiger partial charge is 0.422 e. The van der Waals surface area contributed by atoms with E-state index in [4.69, 9.17) is 9.47 Å². The molecule has 1 aliphatic rings. The number of rotatable bonds is 1. The van der Waals surface area contributed by atoms with Crippen molar-refractivity contribution in [3.8, 4) is 11.5 Å². The fraction of sp³-hybridized carbons (Fsp3) is 0.0714. The van der Waals surface area contributed by atoms with Crippen LogP contribution in [0.4, 0.5) is 0 Å². The van der Waals surface area contributed by atoms with Crippen LogP contribution in [0.25, 0.3) is 10.8 Å². The van der Waals surface area contributed by atoms with Gasteiger partial charge in [0.15, 0.2) is 17.3 Å². The second kappa shape index (κ2) is 3.63. The van der Waals surface area contributed by atoms with Crippen LogP contribution in [0, 0.1) is 0 Å². The predicted molar refractivity (Wildman–Crippen MR) is 64.0 cm³/mol. The maximum atomic E-state index is 10.9. The summed E-state index contributed by atoms with van der Waals surface area (Å²) >= 11 is 0. The van der Waals surface area contributed by atoms with E-state index in [1.165, 1.54) is 13.0 Å². The second-order valence-corrected chi connectivity index (χ2v) is 3.92. The number of carbonyl (C=O) groups excluding carboxylic acids is 1. The molecule has 0 unspecified atom stereocenters. The molecule has 0 saturated heterocycles. The van der Waals surface area contributed by atoms with Crippen LogP contribution in [0.1, 0.15) is 6.92 Å². The highest BCUT2D eigenvalue weighted by Crippen LogP contribution is 2.39. The minimum Gasteiger partial charge on any atom is -0.422 e. The Morgan fingerprint density at radius 3 is 2.06 bits per heavy atom. The lowest BCUT2D eigenvalue weighted by Gasteiger charge is -1.98. The number of allylic oxidation sites excluding steroid dienone is 1. The van der Waals surface area contributed by atoms with Gasteiger partial charge in [-0.2, -0.15) is 0 Å². The van der Waals surface area contributed by atoms with Gasteiger partial charge in [-0.25, -0.2) is 0 Å². The summed E-state index contributed by atoms with van der Waals surface area (Å²) in [6.45, 7) is 1.46. The Morgan fingerprint density at radius 1 is 1.06 bits per heavy atom. The molecule has 2 aromatic rings. The van der Waals surface area contributed by atoms with Gasteiger partial charge in [-0.15, -0.1) is 0 Å². The summed E-state index contributed by atoms with van der Waals surface area (Å²) in [5, 5.41) is 2.16. The number of ether oxygens (including phenoxy) is 2. The molecule has 0 amide bonds. The van der Waals surface area contributed by atoms with E-state index in [0.717, 1.165) is 10.8 Å².